The van der Waals surface area contributed by atoms with E-state index in [0.717, 1.165) is 0 Å². The molecule has 1 aliphatic rings. The average molecular weight is 232 g/mol. The molecule has 0 amide bonds. The largest absolute Gasteiger partial charge is 0.303 e. The summed E-state index contributed by atoms with van der Waals surface area (Å²) in [5, 5.41) is 16.1. The quantitative estimate of drug-likeness (QED) is 0.689. The van der Waals surface area contributed by atoms with Crippen LogP contribution in [-0.4, -0.2) is 11.4 Å². The van der Waals surface area contributed by atoms with Crippen LogP contribution in [0.2, 0.25) is 0 Å². The minimum Gasteiger partial charge on any atom is -0.303 e. The summed E-state index contributed by atoms with van der Waals surface area (Å²) < 4.78 is 0. The lowest BCUT2D eigenvalue weighted by Gasteiger charge is -2.18. The molecule has 0 spiro atoms. The molecule has 0 saturated heterocycles. The predicted molar refractivity (Wildman–Crippen MR) is 75.0 cm³/mol. The maximum absolute atomic E-state index is 8.12. The molecule has 0 aliphatic heterocycles. The predicted octanol–water partition coefficient (Wildman–Crippen LogP) is 4.09. The third-order valence-electron chi connectivity index (χ3n) is 3.58. The molecule has 0 fully saturated rings. The molecule has 1 rings (SSSR count). The van der Waals surface area contributed by atoms with Crippen molar-refractivity contribution in [3.05, 3.63) is 24.3 Å². The van der Waals surface area contributed by atoms with Gasteiger partial charge in [0.05, 0.1) is 11.4 Å². The van der Waals surface area contributed by atoms with Crippen molar-refractivity contribution in [2.45, 2.75) is 34.1 Å². The molecule has 0 aromatic carbocycles. The van der Waals surface area contributed by atoms with Crippen LogP contribution in [0.1, 0.15) is 34.1 Å². The van der Waals surface area contributed by atoms with E-state index in [9.17, 15) is 0 Å². The smallest absolute Gasteiger partial charge is 0.0595 e. The molecular formula is C15H24N2. The highest BCUT2D eigenvalue weighted by Crippen LogP contribution is 2.27. The van der Waals surface area contributed by atoms with Gasteiger partial charge in [-0.2, -0.15) is 0 Å². The molecule has 0 heterocycles. The Kier molecular flexibility index (Phi) is 4.86. The zero-order valence-electron chi connectivity index (χ0n) is 11.3. The fourth-order valence-electron chi connectivity index (χ4n) is 2.29. The average Bonchev–Trinajstić information content (AvgIpc) is 2.40. The molecule has 3 atom stereocenters. The van der Waals surface area contributed by atoms with Crippen LogP contribution in [0, 0.1) is 34.5 Å². The van der Waals surface area contributed by atoms with Gasteiger partial charge in [0.1, 0.15) is 0 Å². The van der Waals surface area contributed by atoms with Gasteiger partial charge in [-0.05, 0) is 31.1 Å². The molecule has 1 aliphatic carbocycles. The van der Waals surface area contributed by atoms with E-state index < -0.39 is 0 Å². The number of nitrogens with one attached hydrogen (secondary N) is 2. The van der Waals surface area contributed by atoms with Gasteiger partial charge in [0, 0.05) is 5.92 Å². The molecule has 17 heavy (non-hydrogen) atoms. The van der Waals surface area contributed by atoms with Crippen molar-refractivity contribution in [2.75, 3.05) is 0 Å². The highest BCUT2D eigenvalue weighted by molar-refractivity contribution is 6.41. The van der Waals surface area contributed by atoms with E-state index in [1.807, 2.05) is 13.0 Å². The summed E-state index contributed by atoms with van der Waals surface area (Å²) in [7, 11) is 0. The number of hydrogen-bond acceptors (Lipinski definition) is 2. The van der Waals surface area contributed by atoms with Gasteiger partial charge >= 0.3 is 0 Å². The van der Waals surface area contributed by atoms with E-state index in [0.29, 0.717) is 35.6 Å². The second kappa shape index (κ2) is 5.95. The molecule has 94 valence electrons. The molecule has 2 heteroatoms. The molecular weight excluding hydrogens is 208 g/mol. The zero-order valence-corrected chi connectivity index (χ0v) is 11.3. The Morgan fingerprint density at radius 3 is 2.41 bits per heavy atom. The van der Waals surface area contributed by atoms with Gasteiger partial charge in [0.2, 0.25) is 0 Å². The van der Waals surface area contributed by atoms with Crippen LogP contribution < -0.4 is 0 Å². The minimum atomic E-state index is 0.0717. The van der Waals surface area contributed by atoms with Crippen molar-refractivity contribution in [3.63, 3.8) is 0 Å². The maximum Gasteiger partial charge on any atom is 0.0595 e. The fourth-order valence-corrected chi connectivity index (χ4v) is 2.29. The van der Waals surface area contributed by atoms with E-state index in [4.69, 9.17) is 10.8 Å². The maximum atomic E-state index is 8.12. The summed E-state index contributed by atoms with van der Waals surface area (Å²) >= 11 is 0. The van der Waals surface area contributed by atoms with Gasteiger partial charge in [-0.25, -0.2) is 0 Å². The van der Waals surface area contributed by atoms with E-state index in [1.165, 1.54) is 0 Å². The SMILES string of the molecule is C/C=C/C(C)C1C=CC(C(C)C)CC(=N)C1=N. The molecule has 0 aromatic heterocycles. The zero-order chi connectivity index (χ0) is 13.0. The highest BCUT2D eigenvalue weighted by Gasteiger charge is 2.26. The van der Waals surface area contributed by atoms with Crippen LogP contribution in [0.5, 0.6) is 0 Å². The second-order valence-electron chi connectivity index (χ2n) is 5.30. The van der Waals surface area contributed by atoms with E-state index >= 15 is 0 Å². The van der Waals surface area contributed by atoms with Crippen molar-refractivity contribution in [1.29, 1.82) is 10.8 Å². The van der Waals surface area contributed by atoms with Gasteiger partial charge in [-0.1, -0.05) is 45.1 Å². The Hall–Kier alpha value is -1.18. The summed E-state index contributed by atoms with van der Waals surface area (Å²) in [4.78, 5) is 0. The van der Waals surface area contributed by atoms with Crippen molar-refractivity contribution >= 4 is 11.4 Å². The Morgan fingerprint density at radius 1 is 1.24 bits per heavy atom. The third kappa shape index (κ3) is 3.39. The Labute approximate surface area is 105 Å². The minimum absolute atomic E-state index is 0.0717. The van der Waals surface area contributed by atoms with Crippen LogP contribution in [-0.2, 0) is 0 Å². The Bertz CT molecular complexity index is 350. The molecule has 3 unspecified atom stereocenters. The Balaban J connectivity index is 2.94. The fraction of sp³-hybridized carbons (Fsp3) is 0.600. The lowest BCUT2D eigenvalue weighted by atomic mass is 9.87. The lowest BCUT2D eigenvalue weighted by Crippen LogP contribution is -2.25. The monoisotopic (exact) mass is 232 g/mol. The van der Waals surface area contributed by atoms with Gasteiger partial charge < -0.3 is 10.8 Å². The summed E-state index contributed by atoms with van der Waals surface area (Å²) in [6.45, 7) is 8.48. The first kappa shape index (κ1) is 13.9. The molecule has 0 bridgehead atoms. The number of hydrogen-bond donors (Lipinski definition) is 2. The van der Waals surface area contributed by atoms with Gasteiger partial charge in [0.25, 0.3) is 0 Å². The van der Waals surface area contributed by atoms with Crippen molar-refractivity contribution < 1.29 is 0 Å². The van der Waals surface area contributed by atoms with E-state index in [2.05, 4.69) is 39.0 Å². The number of allylic oxidation sites excluding steroid dienone is 4. The third-order valence-corrected chi connectivity index (χ3v) is 3.58. The van der Waals surface area contributed by atoms with Crippen molar-refractivity contribution in [1.82, 2.24) is 0 Å². The summed E-state index contributed by atoms with van der Waals surface area (Å²) in [6.07, 6.45) is 9.21. The molecule has 0 radical (unpaired) electrons. The van der Waals surface area contributed by atoms with Crippen molar-refractivity contribution in [2.24, 2.45) is 23.7 Å². The van der Waals surface area contributed by atoms with Crippen LogP contribution in [0.15, 0.2) is 24.3 Å². The molecule has 0 aromatic rings. The second-order valence-corrected chi connectivity index (χ2v) is 5.30. The van der Waals surface area contributed by atoms with Crippen molar-refractivity contribution in [3.8, 4) is 0 Å². The first-order valence-corrected chi connectivity index (χ1v) is 6.44. The first-order chi connectivity index (χ1) is 7.97. The highest BCUT2D eigenvalue weighted by atomic mass is 14.6. The summed E-state index contributed by atoms with van der Waals surface area (Å²) in [6, 6.07) is 0. The lowest BCUT2D eigenvalue weighted by molar-refractivity contribution is 0.480. The Morgan fingerprint density at radius 2 is 1.88 bits per heavy atom. The standard InChI is InChI=1S/C15H24N2/c1-5-6-11(4)13-8-7-12(10(2)3)9-14(16)15(13)17/h5-8,10-13,16-17H,9H2,1-4H3/b6-5+,16-14?,17-15?. The summed E-state index contributed by atoms with van der Waals surface area (Å²) in [5.41, 5.74) is 1.00. The normalized spacial score (nSPS) is 27.8. The topological polar surface area (TPSA) is 47.7 Å². The molecule has 2 nitrogen and oxygen atoms in total. The van der Waals surface area contributed by atoms with Crippen LogP contribution in [0.4, 0.5) is 0 Å². The summed E-state index contributed by atoms with van der Waals surface area (Å²) in [5.74, 6) is 1.32. The van der Waals surface area contributed by atoms with E-state index in [-0.39, 0.29) is 5.92 Å². The molecule has 0 saturated carbocycles. The van der Waals surface area contributed by atoms with Gasteiger partial charge in [0.15, 0.2) is 0 Å². The van der Waals surface area contributed by atoms with Crippen LogP contribution >= 0.6 is 0 Å². The van der Waals surface area contributed by atoms with Crippen LogP contribution in [0.25, 0.3) is 0 Å². The van der Waals surface area contributed by atoms with E-state index in [1.54, 1.807) is 0 Å². The number of rotatable bonds is 3. The first-order valence-electron chi connectivity index (χ1n) is 6.44. The van der Waals surface area contributed by atoms with Gasteiger partial charge in [-0.3, -0.25) is 0 Å². The molecule has 2 N–H and O–H groups in total. The van der Waals surface area contributed by atoms with Crippen LogP contribution in [0.3, 0.4) is 0 Å². The van der Waals surface area contributed by atoms with Gasteiger partial charge in [-0.15, -0.1) is 0 Å².